The van der Waals surface area contributed by atoms with E-state index in [2.05, 4.69) is 25.7 Å². The standard InChI is InChI=1S/C48H66N6O11S2/c1-45(2,3)64-38(55)21-10-9-12-24-63-33-18-14-16-30(26-33)35-19-15-20-36(50-35)40(56)49-32-27-37-41(57)52-48(43(59)53-67(61,62)34-22-23-34)28-31(48)17-11-13-25-66-47(7,8)39(42(58)54(37)29-32)51-44(60)65-46(4,5)6/h11,14-20,26,31-32,34,37,39H,9-10,12-13,21-25,27-29H2,1-8H3,(H,49,56)(H,51,60)(H,52,57)(H,53,59)/t31-,32-,37+,39-,48-/m1/s1. The van der Waals surface area contributed by atoms with Crippen LogP contribution in [0.3, 0.4) is 0 Å². The number of esters is 1. The van der Waals surface area contributed by atoms with Crippen molar-refractivity contribution in [3.8, 4) is 17.0 Å². The van der Waals surface area contributed by atoms with E-state index in [-0.39, 0.29) is 31.0 Å². The maximum Gasteiger partial charge on any atom is 0.408 e. The van der Waals surface area contributed by atoms with Gasteiger partial charge >= 0.3 is 12.1 Å². The van der Waals surface area contributed by atoms with Crippen LogP contribution >= 0.6 is 11.8 Å². The second-order valence-corrected chi connectivity index (χ2v) is 24.0. The van der Waals surface area contributed by atoms with Gasteiger partial charge in [0.1, 0.15) is 40.3 Å². The molecular formula is C48H66N6O11S2. The number of amides is 5. The topological polar surface area (TPSA) is 228 Å². The van der Waals surface area contributed by atoms with Crippen LogP contribution in [0, 0.1) is 5.92 Å². The van der Waals surface area contributed by atoms with Gasteiger partial charge in [-0.15, -0.1) is 0 Å². The lowest BCUT2D eigenvalue weighted by Crippen LogP contribution is -2.61. The van der Waals surface area contributed by atoms with Crippen LogP contribution in [-0.4, -0.2) is 118 Å². The number of sulfonamides is 1. The van der Waals surface area contributed by atoms with Crippen molar-refractivity contribution in [2.24, 2.45) is 5.92 Å². The minimum atomic E-state index is -3.95. The molecule has 1 aromatic heterocycles. The van der Waals surface area contributed by atoms with Crippen molar-refractivity contribution < 1.29 is 51.4 Å². The van der Waals surface area contributed by atoms with Crippen LogP contribution in [0.1, 0.15) is 124 Å². The van der Waals surface area contributed by atoms with Crippen molar-refractivity contribution in [2.75, 3.05) is 18.9 Å². The van der Waals surface area contributed by atoms with E-state index in [9.17, 15) is 37.2 Å². The second kappa shape index (κ2) is 20.6. The second-order valence-electron chi connectivity index (χ2n) is 20.3. The molecule has 0 spiro atoms. The number of unbranched alkanes of at least 4 members (excludes halogenated alkanes) is 2. The molecule has 4 N–H and O–H groups in total. The van der Waals surface area contributed by atoms with Gasteiger partial charge in [-0.05, 0) is 137 Å². The van der Waals surface area contributed by atoms with E-state index >= 15 is 0 Å². The summed E-state index contributed by atoms with van der Waals surface area (Å²) in [6.07, 6.45) is 6.91. The molecule has 3 heterocycles. The van der Waals surface area contributed by atoms with Gasteiger partial charge in [0, 0.05) is 35.2 Å². The molecule has 6 rings (SSSR count). The van der Waals surface area contributed by atoms with Crippen LogP contribution in [0.15, 0.2) is 54.6 Å². The summed E-state index contributed by atoms with van der Waals surface area (Å²) in [6.45, 7) is 14.6. The Labute approximate surface area is 398 Å². The number of nitrogens with zero attached hydrogens (tertiary/aromatic N) is 2. The third-order valence-electron chi connectivity index (χ3n) is 11.7. The SMILES string of the molecule is CC(C)(C)OC(=O)CCCCCOc1cccc(-c2cccc(C(=O)N[C@@H]3C[C@H]4C(=O)N[C@]5(C(=O)NS(=O)(=O)C6CC6)C[C@H]5C=CCCSC(C)(C)[C@H](NC(=O)OC(C)(C)C)C(=O)N4C3)n2)c1. The number of fused-ring (bicyclic) bond motifs is 2. The van der Waals surface area contributed by atoms with Gasteiger partial charge < -0.3 is 35.1 Å². The number of nitrogens with one attached hydrogen (secondary N) is 4. The molecule has 0 unspecified atom stereocenters. The van der Waals surface area contributed by atoms with Gasteiger partial charge in [0.05, 0.1) is 17.6 Å². The molecule has 5 atom stereocenters. The zero-order chi connectivity index (χ0) is 49.0. The molecule has 4 aliphatic rings. The van der Waals surface area contributed by atoms with Gasteiger partial charge in [-0.1, -0.05) is 30.4 Å². The Balaban J connectivity index is 1.19. The molecule has 366 valence electrons. The summed E-state index contributed by atoms with van der Waals surface area (Å²) in [5.74, 6) is -2.28. The van der Waals surface area contributed by atoms with Crippen molar-refractivity contribution >= 4 is 57.5 Å². The summed E-state index contributed by atoms with van der Waals surface area (Å²) < 4.78 is 44.0. The minimum Gasteiger partial charge on any atom is -0.494 e. The van der Waals surface area contributed by atoms with Crippen LogP contribution in [0.2, 0.25) is 0 Å². The van der Waals surface area contributed by atoms with Crippen LogP contribution in [0.25, 0.3) is 11.3 Å². The number of ether oxygens (including phenoxy) is 3. The van der Waals surface area contributed by atoms with E-state index in [1.54, 1.807) is 39.0 Å². The van der Waals surface area contributed by atoms with Gasteiger partial charge in [-0.25, -0.2) is 18.2 Å². The van der Waals surface area contributed by atoms with E-state index in [1.165, 1.54) is 16.7 Å². The smallest absolute Gasteiger partial charge is 0.408 e. The summed E-state index contributed by atoms with van der Waals surface area (Å²) in [5.41, 5.74) is -1.68. The highest BCUT2D eigenvalue weighted by Crippen LogP contribution is 2.46. The largest absolute Gasteiger partial charge is 0.494 e. The van der Waals surface area contributed by atoms with Crippen molar-refractivity contribution in [1.82, 2.24) is 30.6 Å². The maximum absolute atomic E-state index is 14.9. The lowest BCUT2D eigenvalue weighted by atomic mass is 10.0. The molecule has 2 aromatic rings. The summed E-state index contributed by atoms with van der Waals surface area (Å²) in [5, 5.41) is 7.90. The molecule has 3 fully saturated rings. The molecule has 2 saturated carbocycles. The summed E-state index contributed by atoms with van der Waals surface area (Å²) in [7, 11) is -3.95. The lowest BCUT2D eigenvalue weighted by Gasteiger charge is -2.37. The predicted molar refractivity (Wildman–Crippen MR) is 253 cm³/mol. The zero-order valence-electron chi connectivity index (χ0n) is 39.8. The number of pyridine rings is 1. The average Bonchev–Trinajstić information content (AvgIpc) is 4.16. The average molecular weight is 967 g/mol. The summed E-state index contributed by atoms with van der Waals surface area (Å²) >= 11 is 1.44. The van der Waals surface area contributed by atoms with E-state index in [0.717, 1.165) is 12.8 Å². The number of benzene rings is 1. The fraction of sp³-hybridized carbons (Fsp3) is 0.604. The molecule has 2 aliphatic carbocycles. The molecular weight excluding hydrogens is 901 g/mol. The first kappa shape index (κ1) is 51.2. The number of hydrogen-bond acceptors (Lipinski definition) is 13. The van der Waals surface area contributed by atoms with E-state index < -0.39 is 90.5 Å². The Morgan fingerprint density at radius 2 is 1.66 bits per heavy atom. The van der Waals surface area contributed by atoms with Crippen molar-refractivity contribution in [2.45, 2.75) is 158 Å². The summed E-state index contributed by atoms with van der Waals surface area (Å²) in [6, 6.07) is 9.14. The van der Waals surface area contributed by atoms with Gasteiger partial charge in [0.2, 0.25) is 21.8 Å². The number of carbonyl (C=O) groups is 6. The van der Waals surface area contributed by atoms with E-state index in [0.29, 0.717) is 61.5 Å². The molecule has 17 nitrogen and oxygen atoms in total. The normalized spacial score (nSPS) is 24.2. The van der Waals surface area contributed by atoms with Crippen LogP contribution in [-0.2, 0) is 38.7 Å². The number of thioether (sulfide) groups is 1. The number of hydrogen-bond donors (Lipinski definition) is 4. The zero-order valence-corrected chi connectivity index (χ0v) is 41.4. The third kappa shape index (κ3) is 14.0. The first-order chi connectivity index (χ1) is 31.4. The fourth-order valence-electron chi connectivity index (χ4n) is 8.11. The quantitative estimate of drug-likeness (QED) is 0.103. The number of carbonyl (C=O) groups excluding carboxylic acids is 6. The highest BCUT2D eigenvalue weighted by molar-refractivity contribution is 8.00. The highest BCUT2D eigenvalue weighted by atomic mass is 32.2. The van der Waals surface area contributed by atoms with E-state index in [1.807, 2.05) is 71.0 Å². The van der Waals surface area contributed by atoms with Crippen molar-refractivity contribution in [3.05, 3.63) is 60.3 Å². The van der Waals surface area contributed by atoms with Crippen LogP contribution in [0.5, 0.6) is 5.75 Å². The lowest BCUT2D eigenvalue weighted by molar-refractivity contribution is -0.155. The van der Waals surface area contributed by atoms with Gasteiger partial charge in [-0.2, -0.15) is 11.8 Å². The molecule has 5 amide bonds. The molecule has 1 aromatic carbocycles. The number of allylic oxidation sites excluding steroid dienone is 1. The van der Waals surface area contributed by atoms with Gasteiger partial charge in [0.25, 0.3) is 11.8 Å². The predicted octanol–water partition coefficient (Wildman–Crippen LogP) is 5.58. The van der Waals surface area contributed by atoms with Crippen molar-refractivity contribution in [3.63, 3.8) is 0 Å². The molecule has 0 bridgehead atoms. The molecule has 19 heteroatoms. The highest BCUT2D eigenvalue weighted by Gasteiger charge is 2.62. The fourth-order valence-corrected chi connectivity index (χ4v) is 10.6. The molecule has 2 aliphatic heterocycles. The van der Waals surface area contributed by atoms with E-state index in [4.69, 9.17) is 14.2 Å². The number of alkyl carbamates (subject to hydrolysis) is 1. The molecule has 0 radical (unpaired) electrons. The monoisotopic (exact) mass is 966 g/mol. The Morgan fingerprint density at radius 3 is 2.36 bits per heavy atom. The van der Waals surface area contributed by atoms with Crippen molar-refractivity contribution in [1.29, 1.82) is 0 Å². The van der Waals surface area contributed by atoms with Crippen LogP contribution in [0.4, 0.5) is 4.79 Å². The Kier molecular flexibility index (Phi) is 15.7. The number of aromatic nitrogens is 1. The maximum atomic E-state index is 14.9. The minimum absolute atomic E-state index is 0.0608. The van der Waals surface area contributed by atoms with Gasteiger partial charge in [-0.3, -0.25) is 28.7 Å². The molecule has 67 heavy (non-hydrogen) atoms. The Bertz CT molecular complexity index is 2340. The first-order valence-corrected chi connectivity index (χ1v) is 25.6. The number of rotatable bonds is 14. The molecule has 1 saturated heterocycles. The van der Waals surface area contributed by atoms with Crippen LogP contribution < -0.4 is 25.4 Å². The first-order valence-electron chi connectivity index (χ1n) is 23.1. The Morgan fingerprint density at radius 1 is 0.940 bits per heavy atom. The Hall–Kier alpha value is -5.17. The van der Waals surface area contributed by atoms with Gasteiger partial charge in [0.15, 0.2) is 0 Å². The third-order valence-corrected chi connectivity index (χ3v) is 15.0. The summed E-state index contributed by atoms with van der Waals surface area (Å²) in [4.78, 5) is 88.5.